The molecule has 0 aromatic carbocycles. The highest BCUT2D eigenvalue weighted by molar-refractivity contribution is 7.84. The predicted octanol–water partition coefficient (Wildman–Crippen LogP) is 6.46. The number of rotatable bonds is 16. The van der Waals surface area contributed by atoms with E-state index in [1.807, 2.05) is 6.92 Å². The van der Waals surface area contributed by atoms with Gasteiger partial charge in [0.25, 0.3) is 0 Å². The number of ether oxygens (including phenoxy) is 1. The number of esters is 1. The highest BCUT2D eigenvalue weighted by Gasteiger charge is 2.49. The van der Waals surface area contributed by atoms with Gasteiger partial charge in [-0.25, -0.2) is 8.93 Å². The van der Waals surface area contributed by atoms with Crippen LogP contribution in [0.3, 0.4) is 0 Å². The number of nitrogens with one attached hydrogen (secondary N) is 1. The second-order valence-electron chi connectivity index (χ2n) is 8.91. The van der Waals surface area contributed by atoms with E-state index in [9.17, 15) is 22.2 Å². The summed E-state index contributed by atoms with van der Waals surface area (Å²) in [5, 5.41) is 0. The molecule has 0 aliphatic rings. The average molecular weight is 458 g/mol. The highest BCUT2D eigenvalue weighted by atomic mass is 32.2. The van der Waals surface area contributed by atoms with Gasteiger partial charge >= 0.3 is 12.1 Å². The summed E-state index contributed by atoms with van der Waals surface area (Å²) in [6, 6.07) is -2.18. The molecule has 180 valence electrons. The maximum Gasteiger partial charge on any atom is 0.405 e. The quantitative estimate of drug-likeness (QED) is 0.214. The molecule has 0 saturated carbocycles. The standard InChI is InChI=1S/C22H42F3NO3S/c1-6-8-10-11-12-13-14-15-16-18(20(27)29-17-9-7-2)19(22(23,24)25)26-30(28)21(3,4)5/h18-19,26H,6-17H2,1-5H3/t18-,19-,30-/m0/s1. The van der Waals surface area contributed by atoms with Crippen molar-refractivity contribution >= 4 is 17.0 Å². The first-order chi connectivity index (χ1) is 13.9. The van der Waals surface area contributed by atoms with Crippen LogP contribution in [-0.2, 0) is 20.5 Å². The van der Waals surface area contributed by atoms with Crippen LogP contribution in [0.5, 0.6) is 0 Å². The van der Waals surface area contributed by atoms with Gasteiger partial charge in [-0.1, -0.05) is 71.6 Å². The van der Waals surface area contributed by atoms with Crippen LogP contribution in [0.2, 0.25) is 0 Å². The second-order valence-corrected chi connectivity index (χ2v) is 10.9. The van der Waals surface area contributed by atoms with Crippen molar-refractivity contribution in [3.05, 3.63) is 0 Å². The Balaban J connectivity index is 5.07. The summed E-state index contributed by atoms with van der Waals surface area (Å²) in [6.07, 6.45) is 4.73. The topological polar surface area (TPSA) is 55.4 Å². The molecule has 0 aliphatic carbocycles. The van der Waals surface area contributed by atoms with Crippen LogP contribution in [-0.4, -0.2) is 33.8 Å². The normalized spacial score (nSPS) is 15.6. The van der Waals surface area contributed by atoms with Gasteiger partial charge in [-0.2, -0.15) is 13.2 Å². The first-order valence-electron chi connectivity index (χ1n) is 11.4. The zero-order valence-corrected chi connectivity index (χ0v) is 20.2. The van der Waals surface area contributed by atoms with Gasteiger partial charge in [-0.3, -0.25) is 4.79 Å². The molecule has 0 spiro atoms. The minimum absolute atomic E-state index is 0.0679. The molecule has 0 aromatic heterocycles. The first-order valence-corrected chi connectivity index (χ1v) is 12.5. The summed E-state index contributed by atoms with van der Waals surface area (Å²) in [4.78, 5) is 12.5. The molecule has 0 heterocycles. The minimum atomic E-state index is -4.70. The Morgan fingerprint density at radius 2 is 1.40 bits per heavy atom. The Morgan fingerprint density at radius 1 is 0.900 bits per heavy atom. The molecule has 0 aromatic rings. The van der Waals surface area contributed by atoms with E-state index >= 15 is 0 Å². The van der Waals surface area contributed by atoms with Crippen LogP contribution in [0.15, 0.2) is 0 Å². The number of alkyl halides is 3. The van der Waals surface area contributed by atoms with E-state index in [2.05, 4.69) is 11.6 Å². The van der Waals surface area contributed by atoms with Crippen molar-refractivity contribution in [2.75, 3.05) is 6.61 Å². The lowest BCUT2D eigenvalue weighted by Crippen LogP contribution is -2.53. The fourth-order valence-electron chi connectivity index (χ4n) is 3.01. The van der Waals surface area contributed by atoms with Crippen molar-refractivity contribution in [3.8, 4) is 0 Å². The lowest BCUT2D eigenvalue weighted by molar-refractivity contribution is -0.179. The number of halogens is 3. The van der Waals surface area contributed by atoms with E-state index in [4.69, 9.17) is 4.74 Å². The molecular weight excluding hydrogens is 415 g/mol. The predicted molar refractivity (Wildman–Crippen MR) is 117 cm³/mol. The SMILES string of the molecule is CCCCCCCCCC[C@H](C(=O)OCCCC)[C@H](N[S@@](=O)C(C)(C)C)C(F)(F)F. The van der Waals surface area contributed by atoms with Gasteiger partial charge < -0.3 is 4.74 Å². The first kappa shape index (κ1) is 29.4. The minimum Gasteiger partial charge on any atom is -0.465 e. The molecule has 0 fully saturated rings. The monoisotopic (exact) mass is 457 g/mol. The van der Waals surface area contributed by atoms with Gasteiger partial charge in [0.1, 0.15) is 6.04 Å². The van der Waals surface area contributed by atoms with Gasteiger partial charge in [0, 0.05) is 0 Å². The molecule has 0 radical (unpaired) electrons. The van der Waals surface area contributed by atoms with Gasteiger partial charge in [-0.15, -0.1) is 0 Å². The Hall–Kier alpha value is -0.630. The maximum atomic E-state index is 13.8. The summed E-state index contributed by atoms with van der Waals surface area (Å²) in [6.45, 7) is 8.95. The molecule has 0 unspecified atom stereocenters. The van der Waals surface area contributed by atoms with Crippen LogP contribution in [0.25, 0.3) is 0 Å². The van der Waals surface area contributed by atoms with E-state index in [0.29, 0.717) is 12.8 Å². The summed E-state index contributed by atoms with van der Waals surface area (Å²) < 4.78 is 60.2. The number of hydrogen-bond donors (Lipinski definition) is 1. The molecule has 0 amide bonds. The van der Waals surface area contributed by atoms with Gasteiger partial charge in [0.15, 0.2) is 0 Å². The molecular formula is C22H42F3NO3S. The average Bonchev–Trinajstić information content (AvgIpc) is 2.63. The molecule has 1 N–H and O–H groups in total. The Bertz CT molecular complexity index is 493. The molecule has 8 heteroatoms. The van der Waals surface area contributed by atoms with Crippen LogP contribution >= 0.6 is 0 Å². The zero-order chi connectivity index (χ0) is 23.2. The molecule has 0 aliphatic heterocycles. The summed E-state index contributed by atoms with van der Waals surface area (Å²) in [7, 11) is -1.95. The van der Waals surface area contributed by atoms with Crippen molar-refractivity contribution < 1.29 is 26.9 Å². The maximum absolute atomic E-state index is 13.8. The highest BCUT2D eigenvalue weighted by Crippen LogP contribution is 2.31. The van der Waals surface area contributed by atoms with Crippen molar-refractivity contribution in [1.29, 1.82) is 0 Å². The lowest BCUT2D eigenvalue weighted by atomic mass is 9.93. The Morgan fingerprint density at radius 3 is 1.87 bits per heavy atom. The van der Waals surface area contributed by atoms with Crippen molar-refractivity contribution in [2.45, 2.75) is 122 Å². The van der Waals surface area contributed by atoms with Crippen molar-refractivity contribution in [1.82, 2.24) is 4.72 Å². The molecule has 30 heavy (non-hydrogen) atoms. The molecule has 0 rings (SSSR count). The van der Waals surface area contributed by atoms with Crippen molar-refractivity contribution in [3.63, 3.8) is 0 Å². The number of hydrogen-bond acceptors (Lipinski definition) is 3. The third-order valence-electron chi connectivity index (χ3n) is 4.96. The van der Waals surface area contributed by atoms with Crippen LogP contribution in [0, 0.1) is 5.92 Å². The summed E-state index contributed by atoms with van der Waals surface area (Å²) in [5.41, 5.74) is 0. The van der Waals surface area contributed by atoms with E-state index in [1.165, 1.54) is 19.3 Å². The van der Waals surface area contributed by atoms with Crippen LogP contribution in [0.1, 0.15) is 105 Å². The molecule has 0 saturated heterocycles. The molecule has 0 bridgehead atoms. The van der Waals surface area contributed by atoms with E-state index in [0.717, 1.165) is 32.1 Å². The smallest absolute Gasteiger partial charge is 0.405 e. The van der Waals surface area contributed by atoms with Crippen LogP contribution < -0.4 is 4.72 Å². The van der Waals surface area contributed by atoms with Crippen LogP contribution in [0.4, 0.5) is 13.2 Å². The lowest BCUT2D eigenvalue weighted by Gasteiger charge is -2.30. The number of unbranched alkanes of at least 4 members (excludes halogenated alkanes) is 8. The summed E-state index contributed by atoms with van der Waals surface area (Å²) >= 11 is 0. The van der Waals surface area contributed by atoms with E-state index in [1.54, 1.807) is 20.8 Å². The van der Waals surface area contributed by atoms with Gasteiger partial charge in [0.05, 0.1) is 28.3 Å². The number of carbonyl (C=O) groups excluding carboxylic acids is 1. The molecule has 3 atom stereocenters. The third kappa shape index (κ3) is 12.9. The van der Waals surface area contributed by atoms with E-state index in [-0.39, 0.29) is 13.0 Å². The third-order valence-corrected chi connectivity index (χ3v) is 6.54. The van der Waals surface area contributed by atoms with Gasteiger partial charge in [0.2, 0.25) is 0 Å². The number of carbonyl (C=O) groups is 1. The largest absolute Gasteiger partial charge is 0.465 e. The Kier molecular flexibility index (Phi) is 14.9. The van der Waals surface area contributed by atoms with E-state index < -0.39 is 39.8 Å². The second kappa shape index (κ2) is 15.2. The Labute approximate surface area is 183 Å². The van der Waals surface area contributed by atoms with Gasteiger partial charge in [-0.05, 0) is 33.6 Å². The summed E-state index contributed by atoms with van der Waals surface area (Å²) in [5.74, 6) is -2.25. The zero-order valence-electron chi connectivity index (χ0n) is 19.4. The van der Waals surface area contributed by atoms with Crippen molar-refractivity contribution in [2.24, 2.45) is 5.92 Å². The fourth-order valence-corrected chi connectivity index (χ4v) is 3.89. The molecule has 4 nitrogen and oxygen atoms in total. The fraction of sp³-hybridized carbons (Fsp3) is 0.955.